The second-order valence-corrected chi connectivity index (χ2v) is 9.41. The number of piperidine rings is 1. The highest BCUT2D eigenvalue weighted by atomic mass is 32.2. The van der Waals surface area contributed by atoms with Crippen molar-refractivity contribution in [2.75, 3.05) is 18.0 Å². The van der Waals surface area contributed by atoms with E-state index in [9.17, 15) is 13.2 Å². The molecule has 0 spiro atoms. The van der Waals surface area contributed by atoms with E-state index < -0.39 is 16.0 Å². The van der Waals surface area contributed by atoms with Crippen LogP contribution in [0.15, 0.2) is 65.6 Å². The Morgan fingerprint density at radius 1 is 1.03 bits per heavy atom. The molecule has 30 heavy (non-hydrogen) atoms. The van der Waals surface area contributed by atoms with Crippen molar-refractivity contribution in [2.45, 2.75) is 30.7 Å². The number of carboxylic acids is 1. The lowest BCUT2D eigenvalue weighted by Crippen LogP contribution is -2.44. The molecule has 0 unspecified atom stereocenters. The number of nitrogens with zero attached hydrogens (tertiary/aromatic N) is 1. The monoisotopic (exact) mass is 424 g/mol. The smallest absolute Gasteiger partial charge is 0.335 e. The first kappa shape index (κ1) is 20.4. The average molecular weight is 425 g/mol. The number of hydrogen-bond acceptors (Lipinski definition) is 4. The van der Waals surface area contributed by atoms with Gasteiger partial charge < -0.3 is 10.0 Å². The van der Waals surface area contributed by atoms with E-state index in [2.05, 4.69) is 9.62 Å². The quantitative estimate of drug-likeness (QED) is 0.651. The number of carboxylic acid groups (broad SMARTS) is 1. The predicted molar refractivity (Wildman–Crippen MR) is 118 cm³/mol. The summed E-state index contributed by atoms with van der Waals surface area (Å²) in [6.07, 6.45) is 1.37. The van der Waals surface area contributed by atoms with Crippen LogP contribution in [0.5, 0.6) is 0 Å². The minimum absolute atomic E-state index is 0.128. The summed E-state index contributed by atoms with van der Waals surface area (Å²) in [7, 11) is -3.60. The van der Waals surface area contributed by atoms with Crippen molar-refractivity contribution in [1.29, 1.82) is 0 Å². The fourth-order valence-corrected chi connectivity index (χ4v) is 5.26. The summed E-state index contributed by atoms with van der Waals surface area (Å²) in [4.78, 5) is 13.4. The number of aryl methyl sites for hydroxylation is 1. The van der Waals surface area contributed by atoms with Crippen LogP contribution in [0.2, 0.25) is 0 Å². The van der Waals surface area contributed by atoms with E-state index >= 15 is 0 Å². The van der Waals surface area contributed by atoms with Crippen LogP contribution in [-0.4, -0.2) is 38.6 Å². The van der Waals surface area contributed by atoms with Gasteiger partial charge in [-0.25, -0.2) is 17.9 Å². The lowest BCUT2D eigenvalue weighted by atomic mass is 10.1. The lowest BCUT2D eigenvalue weighted by Gasteiger charge is -2.33. The van der Waals surface area contributed by atoms with Gasteiger partial charge >= 0.3 is 5.97 Å². The zero-order valence-corrected chi connectivity index (χ0v) is 17.5. The molecule has 4 rings (SSSR count). The Morgan fingerprint density at radius 3 is 2.40 bits per heavy atom. The Morgan fingerprint density at radius 2 is 1.73 bits per heavy atom. The molecule has 1 heterocycles. The second kappa shape index (κ2) is 8.08. The highest BCUT2D eigenvalue weighted by Gasteiger charge is 2.25. The SMILES string of the molecule is Cc1cccc2ccc(S(=O)(=O)NC3CCN(c4ccc(C(=O)O)cc4)CC3)cc12. The number of carbonyl (C=O) groups is 1. The number of benzene rings is 3. The third kappa shape index (κ3) is 4.17. The molecule has 0 aliphatic carbocycles. The van der Waals surface area contributed by atoms with Crippen LogP contribution >= 0.6 is 0 Å². The van der Waals surface area contributed by atoms with E-state index in [0.29, 0.717) is 25.9 Å². The lowest BCUT2D eigenvalue weighted by molar-refractivity contribution is 0.0697. The van der Waals surface area contributed by atoms with Crippen molar-refractivity contribution in [3.63, 3.8) is 0 Å². The first-order valence-corrected chi connectivity index (χ1v) is 11.4. The van der Waals surface area contributed by atoms with E-state index in [4.69, 9.17) is 5.11 Å². The second-order valence-electron chi connectivity index (χ2n) is 7.69. The summed E-state index contributed by atoms with van der Waals surface area (Å²) in [5.74, 6) is -0.946. The number of sulfonamides is 1. The van der Waals surface area contributed by atoms with Crippen molar-refractivity contribution in [2.24, 2.45) is 0 Å². The number of rotatable bonds is 5. The van der Waals surface area contributed by atoms with E-state index in [0.717, 1.165) is 22.0 Å². The van der Waals surface area contributed by atoms with Crippen LogP contribution < -0.4 is 9.62 Å². The number of hydrogen-bond donors (Lipinski definition) is 2. The van der Waals surface area contributed by atoms with Gasteiger partial charge in [-0.3, -0.25) is 0 Å². The molecule has 1 aliphatic rings. The van der Waals surface area contributed by atoms with Gasteiger partial charge in [-0.2, -0.15) is 0 Å². The summed E-state index contributed by atoms with van der Waals surface area (Å²) in [5.41, 5.74) is 2.25. The van der Waals surface area contributed by atoms with E-state index in [1.807, 2.05) is 31.2 Å². The standard InChI is InChI=1S/C23H24N2O4S/c1-16-3-2-4-17-7-10-21(15-22(16)17)30(28,29)24-19-11-13-25(14-12-19)20-8-5-18(6-9-20)23(26)27/h2-10,15,19,24H,11-14H2,1H3,(H,26,27). The van der Waals surface area contributed by atoms with Crippen molar-refractivity contribution in [1.82, 2.24) is 4.72 Å². The molecule has 3 aromatic rings. The largest absolute Gasteiger partial charge is 0.478 e. The van der Waals surface area contributed by atoms with Gasteiger partial charge in [0.2, 0.25) is 10.0 Å². The third-order valence-electron chi connectivity index (χ3n) is 5.68. The number of nitrogens with one attached hydrogen (secondary N) is 1. The average Bonchev–Trinajstić information content (AvgIpc) is 2.74. The molecular weight excluding hydrogens is 400 g/mol. The highest BCUT2D eigenvalue weighted by molar-refractivity contribution is 7.89. The Balaban J connectivity index is 1.43. The molecule has 0 saturated carbocycles. The molecule has 6 nitrogen and oxygen atoms in total. The molecule has 1 aliphatic heterocycles. The first-order valence-electron chi connectivity index (χ1n) is 9.93. The summed E-state index contributed by atoms with van der Waals surface area (Å²) in [6.45, 7) is 3.39. The van der Waals surface area contributed by atoms with Crippen LogP contribution in [0.1, 0.15) is 28.8 Å². The fourth-order valence-electron chi connectivity index (χ4n) is 3.93. The van der Waals surface area contributed by atoms with Crippen molar-refractivity contribution in [3.8, 4) is 0 Å². The zero-order valence-electron chi connectivity index (χ0n) is 16.7. The Kier molecular flexibility index (Phi) is 5.49. The molecule has 0 aromatic heterocycles. The number of aromatic carboxylic acids is 1. The molecule has 0 bridgehead atoms. The number of anilines is 1. The van der Waals surface area contributed by atoms with Gasteiger partial charge in [0.25, 0.3) is 0 Å². The summed E-state index contributed by atoms with van der Waals surface area (Å²) in [5, 5.41) is 11.0. The Labute approximate surface area is 176 Å². The van der Waals surface area contributed by atoms with Gasteiger partial charge in [0, 0.05) is 24.8 Å². The maximum atomic E-state index is 12.9. The highest BCUT2D eigenvalue weighted by Crippen LogP contribution is 2.24. The van der Waals surface area contributed by atoms with Gasteiger partial charge in [-0.05, 0) is 72.5 Å². The molecule has 3 aromatic carbocycles. The van der Waals surface area contributed by atoms with E-state index in [1.165, 1.54) is 0 Å². The van der Waals surface area contributed by atoms with Gasteiger partial charge in [0.15, 0.2) is 0 Å². The van der Waals surface area contributed by atoms with Crippen LogP contribution in [-0.2, 0) is 10.0 Å². The van der Waals surface area contributed by atoms with Crippen LogP contribution in [0.4, 0.5) is 5.69 Å². The van der Waals surface area contributed by atoms with Crippen LogP contribution in [0, 0.1) is 6.92 Å². The molecule has 156 valence electrons. The molecule has 0 radical (unpaired) electrons. The van der Waals surface area contributed by atoms with Gasteiger partial charge in [0.05, 0.1) is 10.5 Å². The number of fused-ring (bicyclic) bond motifs is 1. The minimum atomic E-state index is -3.60. The Bertz CT molecular complexity index is 1180. The maximum Gasteiger partial charge on any atom is 0.335 e. The zero-order chi connectivity index (χ0) is 21.3. The minimum Gasteiger partial charge on any atom is -0.478 e. The van der Waals surface area contributed by atoms with Crippen LogP contribution in [0.25, 0.3) is 10.8 Å². The van der Waals surface area contributed by atoms with Crippen molar-refractivity contribution < 1.29 is 18.3 Å². The van der Waals surface area contributed by atoms with Gasteiger partial charge in [-0.1, -0.05) is 24.3 Å². The predicted octanol–water partition coefficient (Wildman–Crippen LogP) is 3.79. The molecule has 2 N–H and O–H groups in total. The summed E-state index contributed by atoms with van der Waals surface area (Å²) >= 11 is 0. The molecule has 1 saturated heterocycles. The summed E-state index contributed by atoms with van der Waals surface area (Å²) < 4.78 is 28.7. The molecule has 1 fully saturated rings. The molecule has 7 heteroatoms. The molecule has 0 atom stereocenters. The van der Waals surface area contributed by atoms with Crippen molar-refractivity contribution >= 4 is 32.5 Å². The molecule has 0 amide bonds. The van der Waals surface area contributed by atoms with E-state index in [-0.39, 0.29) is 16.5 Å². The van der Waals surface area contributed by atoms with Crippen LogP contribution in [0.3, 0.4) is 0 Å². The fraction of sp³-hybridized carbons (Fsp3) is 0.261. The van der Waals surface area contributed by atoms with Crippen molar-refractivity contribution in [3.05, 3.63) is 71.8 Å². The first-order chi connectivity index (χ1) is 14.3. The molecular formula is C23H24N2O4S. The topological polar surface area (TPSA) is 86.7 Å². The maximum absolute atomic E-state index is 12.9. The Hall–Kier alpha value is -2.90. The summed E-state index contributed by atoms with van der Waals surface area (Å²) in [6, 6.07) is 17.8. The third-order valence-corrected chi connectivity index (χ3v) is 7.20. The van der Waals surface area contributed by atoms with E-state index in [1.54, 1.807) is 36.4 Å². The van der Waals surface area contributed by atoms with Gasteiger partial charge in [0.1, 0.15) is 0 Å². The van der Waals surface area contributed by atoms with Gasteiger partial charge in [-0.15, -0.1) is 0 Å². The normalized spacial score (nSPS) is 15.4.